The van der Waals surface area contributed by atoms with Gasteiger partial charge in [-0.05, 0) is 5.41 Å². The molecule has 0 saturated carbocycles. The van der Waals surface area contributed by atoms with Crippen LogP contribution in [0.4, 0.5) is 4.79 Å². The van der Waals surface area contributed by atoms with Crippen LogP contribution < -0.4 is 5.32 Å². The summed E-state index contributed by atoms with van der Waals surface area (Å²) in [5.41, 5.74) is -0.0628. The number of carboxylic acids is 1. The van der Waals surface area contributed by atoms with E-state index in [2.05, 4.69) is 5.32 Å². The number of nitrogens with one attached hydrogen (secondary N) is 1. The smallest absolute Gasteiger partial charge is 0.326 e. The first kappa shape index (κ1) is 13.8. The lowest BCUT2D eigenvalue weighted by atomic mass is 9.97. The molecule has 0 spiro atoms. The van der Waals surface area contributed by atoms with Gasteiger partial charge in [-0.3, -0.25) is 0 Å². The number of rotatable bonds is 2. The molecule has 2 amide bonds. The van der Waals surface area contributed by atoms with Gasteiger partial charge >= 0.3 is 12.0 Å². The molecule has 1 heterocycles. The lowest BCUT2D eigenvalue weighted by Crippen LogP contribution is -2.47. The van der Waals surface area contributed by atoms with Crippen LogP contribution in [0.3, 0.4) is 0 Å². The molecule has 1 aliphatic rings. The van der Waals surface area contributed by atoms with Crippen LogP contribution in [0, 0.1) is 5.41 Å². The minimum Gasteiger partial charge on any atom is -0.480 e. The average Bonchev–Trinajstić information content (AvgIpc) is 2.55. The first-order valence-corrected chi connectivity index (χ1v) is 5.66. The van der Waals surface area contributed by atoms with Crippen molar-refractivity contribution in [1.82, 2.24) is 10.2 Å². The quantitative estimate of drug-likeness (QED) is 0.650. The second-order valence-electron chi connectivity index (χ2n) is 5.62. The maximum absolute atomic E-state index is 11.8. The summed E-state index contributed by atoms with van der Waals surface area (Å²) >= 11 is 0. The fourth-order valence-electron chi connectivity index (χ4n) is 1.71. The maximum atomic E-state index is 11.8. The zero-order chi connectivity index (χ0) is 13.2. The van der Waals surface area contributed by atoms with Gasteiger partial charge in [0.05, 0.1) is 6.10 Å². The molecule has 0 aliphatic carbocycles. The molecule has 2 atom stereocenters. The molecule has 0 aromatic carbocycles. The number of carbonyl (C=O) groups excluding carboxylic acids is 1. The number of nitrogens with zero attached hydrogens (tertiary/aromatic N) is 1. The lowest BCUT2D eigenvalue weighted by Gasteiger charge is -2.25. The Morgan fingerprint density at radius 3 is 2.47 bits per heavy atom. The van der Waals surface area contributed by atoms with Crippen LogP contribution in [0.1, 0.15) is 27.2 Å². The van der Waals surface area contributed by atoms with E-state index in [0.29, 0.717) is 6.54 Å². The Kier molecular flexibility index (Phi) is 3.98. The van der Waals surface area contributed by atoms with Gasteiger partial charge in [0.25, 0.3) is 0 Å². The summed E-state index contributed by atoms with van der Waals surface area (Å²) in [5, 5.41) is 21.0. The highest BCUT2D eigenvalue weighted by Gasteiger charge is 2.39. The molecule has 17 heavy (non-hydrogen) atoms. The summed E-state index contributed by atoms with van der Waals surface area (Å²) in [7, 11) is 0. The van der Waals surface area contributed by atoms with Gasteiger partial charge in [0.15, 0.2) is 0 Å². The van der Waals surface area contributed by atoms with Gasteiger partial charge in [-0.25, -0.2) is 9.59 Å². The van der Waals surface area contributed by atoms with E-state index >= 15 is 0 Å². The lowest BCUT2D eigenvalue weighted by molar-refractivity contribution is -0.141. The fourth-order valence-corrected chi connectivity index (χ4v) is 1.71. The summed E-state index contributed by atoms with van der Waals surface area (Å²) in [6.07, 6.45) is -0.658. The molecule has 1 fully saturated rings. The molecule has 1 aliphatic heterocycles. The predicted octanol–water partition coefficient (Wildman–Crippen LogP) is 0.262. The highest BCUT2D eigenvalue weighted by Crippen LogP contribution is 2.18. The van der Waals surface area contributed by atoms with Gasteiger partial charge in [-0.15, -0.1) is 0 Å². The van der Waals surface area contributed by atoms with E-state index in [4.69, 9.17) is 5.11 Å². The second-order valence-corrected chi connectivity index (χ2v) is 5.62. The number of likely N-dealkylation sites (tertiary alicyclic amines) is 1. The van der Waals surface area contributed by atoms with Crippen LogP contribution in [0.5, 0.6) is 0 Å². The summed E-state index contributed by atoms with van der Waals surface area (Å²) < 4.78 is 0. The number of aliphatic hydroxyl groups is 1. The number of aliphatic carboxylic acids is 1. The van der Waals surface area contributed by atoms with Gasteiger partial charge in [0.2, 0.25) is 0 Å². The maximum Gasteiger partial charge on any atom is 0.326 e. The number of urea groups is 1. The average molecular weight is 244 g/mol. The number of carboxylic acid groups (broad SMARTS) is 1. The molecule has 0 radical (unpaired) electrons. The normalized spacial score (nSPS) is 24.8. The van der Waals surface area contributed by atoms with Crippen LogP contribution in [-0.2, 0) is 4.79 Å². The topological polar surface area (TPSA) is 89.9 Å². The van der Waals surface area contributed by atoms with Crippen molar-refractivity contribution >= 4 is 12.0 Å². The van der Waals surface area contributed by atoms with Crippen molar-refractivity contribution in [3.63, 3.8) is 0 Å². The number of amides is 2. The van der Waals surface area contributed by atoms with E-state index in [1.54, 1.807) is 0 Å². The number of carbonyl (C=O) groups is 2. The van der Waals surface area contributed by atoms with Crippen molar-refractivity contribution in [2.75, 3.05) is 13.1 Å². The Morgan fingerprint density at radius 2 is 2.00 bits per heavy atom. The van der Waals surface area contributed by atoms with Crippen LogP contribution in [-0.4, -0.2) is 52.3 Å². The van der Waals surface area contributed by atoms with Crippen molar-refractivity contribution in [2.45, 2.75) is 39.3 Å². The van der Waals surface area contributed by atoms with Crippen molar-refractivity contribution in [3.05, 3.63) is 0 Å². The van der Waals surface area contributed by atoms with E-state index in [-0.39, 0.29) is 18.4 Å². The van der Waals surface area contributed by atoms with Gasteiger partial charge in [-0.2, -0.15) is 0 Å². The third-order valence-corrected chi connectivity index (χ3v) is 2.59. The first-order chi connectivity index (χ1) is 7.70. The zero-order valence-corrected chi connectivity index (χ0v) is 10.4. The van der Waals surface area contributed by atoms with E-state index in [1.807, 2.05) is 20.8 Å². The molecule has 3 N–H and O–H groups in total. The third kappa shape index (κ3) is 3.89. The van der Waals surface area contributed by atoms with Crippen LogP contribution in [0.25, 0.3) is 0 Å². The Bertz CT molecular complexity index is 311. The zero-order valence-electron chi connectivity index (χ0n) is 10.4. The summed E-state index contributed by atoms with van der Waals surface area (Å²) in [4.78, 5) is 23.9. The van der Waals surface area contributed by atoms with E-state index in [0.717, 1.165) is 0 Å². The van der Waals surface area contributed by atoms with Crippen LogP contribution in [0.2, 0.25) is 0 Å². The van der Waals surface area contributed by atoms with Crippen molar-refractivity contribution < 1.29 is 19.8 Å². The number of aliphatic hydroxyl groups excluding tert-OH is 1. The Labute approximate surface area is 101 Å². The molecular formula is C11H20N2O4. The Balaban J connectivity index is 2.59. The molecule has 0 aromatic rings. The number of β-amino-alcohol motifs (C(OH)–C–C–N with tert-alkyl or cyclic N) is 1. The van der Waals surface area contributed by atoms with E-state index < -0.39 is 24.1 Å². The third-order valence-electron chi connectivity index (χ3n) is 2.59. The minimum atomic E-state index is -1.08. The molecule has 98 valence electrons. The SMILES string of the molecule is CC(C)(C)CNC(=O)N1CC(O)CC1C(=O)O. The van der Waals surface area contributed by atoms with Crippen LogP contribution >= 0.6 is 0 Å². The molecule has 1 rings (SSSR count). The Morgan fingerprint density at radius 1 is 1.41 bits per heavy atom. The van der Waals surface area contributed by atoms with Gasteiger partial charge in [0, 0.05) is 19.5 Å². The summed E-state index contributed by atoms with van der Waals surface area (Å²) in [6.45, 7) is 6.46. The second kappa shape index (κ2) is 4.91. The highest BCUT2D eigenvalue weighted by molar-refractivity contribution is 5.83. The largest absolute Gasteiger partial charge is 0.480 e. The van der Waals surface area contributed by atoms with Gasteiger partial charge < -0.3 is 20.4 Å². The molecular weight excluding hydrogens is 224 g/mol. The van der Waals surface area contributed by atoms with Crippen molar-refractivity contribution in [3.8, 4) is 0 Å². The van der Waals surface area contributed by atoms with Crippen LogP contribution in [0.15, 0.2) is 0 Å². The number of hydrogen-bond acceptors (Lipinski definition) is 3. The van der Waals surface area contributed by atoms with Crippen molar-refractivity contribution in [2.24, 2.45) is 5.41 Å². The summed E-state index contributed by atoms with van der Waals surface area (Å²) in [6, 6.07) is -1.35. The molecule has 0 aromatic heterocycles. The first-order valence-electron chi connectivity index (χ1n) is 5.66. The molecule has 6 nitrogen and oxygen atoms in total. The monoisotopic (exact) mass is 244 g/mol. The Hall–Kier alpha value is -1.30. The van der Waals surface area contributed by atoms with E-state index in [9.17, 15) is 14.7 Å². The van der Waals surface area contributed by atoms with E-state index in [1.165, 1.54) is 4.90 Å². The van der Waals surface area contributed by atoms with Crippen molar-refractivity contribution in [1.29, 1.82) is 0 Å². The molecule has 6 heteroatoms. The predicted molar refractivity (Wildman–Crippen MR) is 61.6 cm³/mol. The van der Waals surface area contributed by atoms with Gasteiger partial charge in [-0.1, -0.05) is 20.8 Å². The minimum absolute atomic E-state index is 0.0628. The molecule has 0 bridgehead atoms. The summed E-state index contributed by atoms with van der Waals surface area (Å²) in [5.74, 6) is -1.08. The molecule has 2 unspecified atom stereocenters. The standard InChI is InChI=1S/C11H20N2O4/c1-11(2,3)6-12-10(17)13-5-7(14)4-8(13)9(15)16/h7-8,14H,4-6H2,1-3H3,(H,12,17)(H,15,16). The van der Waals surface area contributed by atoms with Gasteiger partial charge in [0.1, 0.15) is 6.04 Å². The number of hydrogen-bond donors (Lipinski definition) is 3. The highest BCUT2D eigenvalue weighted by atomic mass is 16.4. The fraction of sp³-hybridized carbons (Fsp3) is 0.818. The molecule has 1 saturated heterocycles.